The molecule has 0 spiro atoms. The topological polar surface area (TPSA) is 92.3 Å². The summed E-state index contributed by atoms with van der Waals surface area (Å²) in [4.78, 5) is 0. The van der Waals surface area contributed by atoms with Gasteiger partial charge in [0.15, 0.2) is 0 Å². The van der Waals surface area contributed by atoms with Gasteiger partial charge in [0.2, 0.25) is 20.0 Å². The number of alkyl halides is 3. The highest BCUT2D eigenvalue weighted by Crippen LogP contribution is 2.29. The molecule has 0 saturated heterocycles. The summed E-state index contributed by atoms with van der Waals surface area (Å²) in [5.74, 6) is -3.25. The van der Waals surface area contributed by atoms with Crippen molar-refractivity contribution in [2.24, 2.45) is 0 Å². The Labute approximate surface area is 266 Å². The molecule has 4 aromatic carbocycles. The summed E-state index contributed by atoms with van der Waals surface area (Å²) in [5.41, 5.74) is 4.05. The fourth-order valence-electron chi connectivity index (χ4n) is 3.72. The molecule has 0 amide bonds. The lowest BCUT2D eigenvalue weighted by Crippen LogP contribution is -2.34. The molecule has 0 aliphatic heterocycles. The molecule has 4 rings (SSSR count). The zero-order valence-corrected chi connectivity index (χ0v) is 28.1. The van der Waals surface area contributed by atoms with Gasteiger partial charge in [-0.1, -0.05) is 137 Å². The second-order valence-electron chi connectivity index (χ2n) is 9.32. The summed E-state index contributed by atoms with van der Waals surface area (Å²) in [7, 11) is -7.01. The van der Waals surface area contributed by atoms with Crippen LogP contribution in [0.15, 0.2) is 109 Å². The van der Waals surface area contributed by atoms with Crippen LogP contribution in [0.1, 0.15) is 45.0 Å². The quantitative estimate of drug-likeness (QED) is 0.180. The van der Waals surface area contributed by atoms with E-state index < -0.39 is 38.7 Å². The van der Waals surface area contributed by atoms with E-state index in [-0.39, 0.29) is 12.1 Å². The van der Waals surface area contributed by atoms with Crippen molar-refractivity contribution in [2.45, 2.75) is 39.8 Å². The van der Waals surface area contributed by atoms with E-state index in [2.05, 4.69) is 4.72 Å². The first-order chi connectivity index (χ1) is 21.2. The molecule has 2 N–H and O–H groups in total. The van der Waals surface area contributed by atoms with Crippen molar-refractivity contribution in [3.63, 3.8) is 0 Å². The van der Waals surface area contributed by atoms with Gasteiger partial charge in [-0.05, 0) is 27.8 Å². The van der Waals surface area contributed by atoms with Crippen molar-refractivity contribution in [2.75, 3.05) is 25.6 Å². The largest absolute Gasteiger partial charge is 0.286 e. The minimum absolute atomic E-state index is 0.224. The van der Waals surface area contributed by atoms with Crippen LogP contribution in [0.5, 0.6) is 0 Å². The van der Waals surface area contributed by atoms with E-state index in [0.717, 1.165) is 34.8 Å². The van der Waals surface area contributed by atoms with E-state index >= 15 is 0 Å². The molecular formula is C34H43F3N2O4S2. The molecule has 0 radical (unpaired) electrons. The molecule has 246 valence electrons. The fraction of sp³-hybridized carbons (Fsp3) is 0.294. The lowest BCUT2D eigenvalue weighted by Gasteiger charge is -2.17. The van der Waals surface area contributed by atoms with Gasteiger partial charge in [0.1, 0.15) is 6.17 Å². The molecule has 1 unspecified atom stereocenters. The molecule has 6 nitrogen and oxygen atoms in total. The third kappa shape index (κ3) is 14.9. The van der Waals surface area contributed by atoms with E-state index in [1.54, 1.807) is 24.3 Å². The lowest BCUT2D eigenvalue weighted by atomic mass is 10.0. The van der Waals surface area contributed by atoms with Gasteiger partial charge in [-0.3, -0.25) is 0 Å². The van der Waals surface area contributed by atoms with Crippen molar-refractivity contribution in [3.8, 4) is 22.3 Å². The van der Waals surface area contributed by atoms with Gasteiger partial charge in [-0.25, -0.2) is 30.7 Å². The highest BCUT2D eigenvalue weighted by atomic mass is 32.2. The van der Waals surface area contributed by atoms with Crippen molar-refractivity contribution in [1.29, 1.82) is 0 Å². The summed E-state index contributed by atoms with van der Waals surface area (Å²) < 4.78 is 89.3. The Morgan fingerprint density at radius 2 is 0.933 bits per heavy atom. The molecular weight excluding hydrogens is 622 g/mol. The van der Waals surface area contributed by atoms with E-state index in [4.69, 9.17) is 0 Å². The number of nitrogens with one attached hydrogen (secondary N) is 2. The first kappa shape index (κ1) is 39.5. The van der Waals surface area contributed by atoms with Crippen LogP contribution < -0.4 is 9.44 Å². The van der Waals surface area contributed by atoms with Crippen molar-refractivity contribution in [1.82, 2.24) is 9.44 Å². The lowest BCUT2D eigenvalue weighted by molar-refractivity contribution is 0.00214. The number of halogens is 3. The predicted molar refractivity (Wildman–Crippen MR) is 180 cm³/mol. The third-order valence-electron chi connectivity index (χ3n) is 5.87. The van der Waals surface area contributed by atoms with Crippen LogP contribution in [0.25, 0.3) is 22.3 Å². The Morgan fingerprint density at radius 3 is 1.31 bits per heavy atom. The van der Waals surface area contributed by atoms with E-state index in [1.165, 1.54) is 12.1 Å². The van der Waals surface area contributed by atoms with Crippen LogP contribution in [0.2, 0.25) is 0 Å². The minimum Gasteiger partial charge on any atom is -0.241 e. The van der Waals surface area contributed by atoms with E-state index in [9.17, 15) is 30.0 Å². The minimum atomic E-state index is -3.65. The van der Waals surface area contributed by atoms with Gasteiger partial charge >= 0.3 is 0 Å². The second kappa shape index (κ2) is 19.1. The smallest absolute Gasteiger partial charge is 0.241 e. The van der Waals surface area contributed by atoms with Gasteiger partial charge in [0.05, 0.1) is 19.1 Å². The average molecular weight is 665 g/mol. The monoisotopic (exact) mass is 664 g/mol. The summed E-state index contributed by atoms with van der Waals surface area (Å²) in [5, 5.41) is 0. The van der Waals surface area contributed by atoms with Gasteiger partial charge in [-0.2, -0.15) is 8.78 Å². The maximum absolute atomic E-state index is 13.9. The Balaban J connectivity index is 0.000000406. The van der Waals surface area contributed by atoms with Crippen molar-refractivity contribution < 1.29 is 30.0 Å². The Morgan fingerprint density at radius 1 is 0.578 bits per heavy atom. The standard InChI is InChI=1S/C15H15F2NO2S.C15H16FNO2S.2C2H6/c1-21(19,20)18-11-15(16,17)14-9-7-13(8-10-14)12-5-3-2-4-6-12;1-20(18,19)17-11-15(16)14-9-7-13(8-10-14)12-5-3-2-4-6-12;2*1-2/h2-10,18H,11H2,1H3;2-10,15,17H,11H2,1H3;2*1-2H3. The molecule has 0 aliphatic rings. The molecule has 0 saturated carbocycles. The molecule has 0 aliphatic carbocycles. The highest BCUT2D eigenvalue weighted by molar-refractivity contribution is 7.89. The van der Waals surface area contributed by atoms with Crippen LogP contribution in [0, 0.1) is 0 Å². The number of hydrogen-bond acceptors (Lipinski definition) is 4. The Bertz CT molecular complexity index is 1600. The molecule has 4 aromatic rings. The zero-order valence-electron chi connectivity index (χ0n) is 26.5. The van der Waals surface area contributed by atoms with Gasteiger partial charge in [-0.15, -0.1) is 0 Å². The van der Waals surface area contributed by atoms with E-state index in [1.807, 2.05) is 105 Å². The number of benzene rings is 4. The van der Waals surface area contributed by atoms with Crippen LogP contribution in [-0.4, -0.2) is 42.4 Å². The maximum atomic E-state index is 13.9. The van der Waals surface area contributed by atoms with Crippen LogP contribution >= 0.6 is 0 Å². The molecule has 0 bridgehead atoms. The molecule has 11 heteroatoms. The number of hydrogen-bond donors (Lipinski definition) is 2. The molecule has 1 atom stereocenters. The fourth-order valence-corrected chi connectivity index (χ4v) is 4.61. The zero-order chi connectivity index (χ0) is 34.1. The average Bonchev–Trinajstić information content (AvgIpc) is 3.05. The van der Waals surface area contributed by atoms with Crippen molar-refractivity contribution in [3.05, 3.63) is 120 Å². The predicted octanol–water partition coefficient (Wildman–Crippen LogP) is 7.96. The first-order valence-corrected chi connectivity index (χ1v) is 18.2. The van der Waals surface area contributed by atoms with Crippen LogP contribution in [0.4, 0.5) is 13.2 Å². The van der Waals surface area contributed by atoms with Crippen LogP contribution in [0.3, 0.4) is 0 Å². The second-order valence-corrected chi connectivity index (χ2v) is 13.0. The highest BCUT2D eigenvalue weighted by Gasteiger charge is 2.32. The van der Waals surface area contributed by atoms with Gasteiger partial charge in [0, 0.05) is 12.1 Å². The van der Waals surface area contributed by atoms with Gasteiger partial charge in [0.25, 0.3) is 5.92 Å². The molecule has 0 aromatic heterocycles. The molecule has 0 fully saturated rings. The number of rotatable bonds is 10. The summed E-state index contributed by atoms with van der Waals surface area (Å²) in [6.07, 6.45) is 0.509. The molecule has 0 heterocycles. The third-order valence-corrected chi connectivity index (χ3v) is 7.23. The first-order valence-electron chi connectivity index (χ1n) is 14.5. The number of sulfonamides is 2. The Hall–Kier alpha value is -3.51. The summed E-state index contributed by atoms with van der Waals surface area (Å²) >= 11 is 0. The van der Waals surface area contributed by atoms with Crippen molar-refractivity contribution >= 4 is 20.0 Å². The molecule has 45 heavy (non-hydrogen) atoms. The maximum Gasteiger partial charge on any atom is 0.286 e. The normalized spacial score (nSPS) is 11.8. The van der Waals surface area contributed by atoms with E-state index in [0.29, 0.717) is 5.56 Å². The van der Waals surface area contributed by atoms with Gasteiger partial charge < -0.3 is 0 Å². The van der Waals surface area contributed by atoms with Crippen LogP contribution in [-0.2, 0) is 26.0 Å². The summed E-state index contributed by atoms with van der Waals surface area (Å²) in [6.45, 7) is 6.81. The SMILES string of the molecule is CC.CC.CS(=O)(=O)NCC(F)(F)c1ccc(-c2ccccc2)cc1.CS(=O)(=O)NCC(F)c1ccc(-c2ccccc2)cc1. The summed E-state index contributed by atoms with van der Waals surface area (Å²) in [6, 6.07) is 32.0. The Kier molecular flexibility index (Phi) is 16.8.